The van der Waals surface area contributed by atoms with Crippen molar-refractivity contribution in [3.8, 4) is 5.75 Å². The molecule has 0 radical (unpaired) electrons. The number of ether oxygens (including phenoxy) is 1. The van der Waals surface area contributed by atoms with Crippen molar-refractivity contribution in [2.45, 2.75) is 19.8 Å². The van der Waals surface area contributed by atoms with Gasteiger partial charge >= 0.3 is 0 Å². The molecule has 0 aromatic heterocycles. The Balaban J connectivity index is 1.65. The monoisotopic (exact) mass is 400 g/mol. The van der Waals surface area contributed by atoms with E-state index in [4.69, 9.17) is 16.3 Å². The van der Waals surface area contributed by atoms with Gasteiger partial charge < -0.3 is 14.5 Å². The molecular weight excluding hydrogens is 376 g/mol. The van der Waals surface area contributed by atoms with E-state index >= 15 is 0 Å². The third kappa shape index (κ3) is 4.30. The Hall–Kier alpha value is -2.53. The predicted octanol–water partition coefficient (Wildman–Crippen LogP) is 4.07. The smallest absolute Gasteiger partial charge is 0.257 e. The predicted molar refractivity (Wildman–Crippen MR) is 110 cm³/mol. The van der Waals surface area contributed by atoms with E-state index in [2.05, 4.69) is 13.8 Å². The molecule has 2 amide bonds. The molecule has 2 aromatic rings. The molecule has 28 heavy (non-hydrogen) atoms. The highest BCUT2D eigenvalue weighted by molar-refractivity contribution is 6.31. The molecule has 1 aliphatic heterocycles. The maximum atomic E-state index is 12.9. The van der Waals surface area contributed by atoms with Gasteiger partial charge in [-0.15, -0.1) is 0 Å². The standard InChI is InChI=1S/C22H25ClN2O3/c1-15(2)16-4-6-17(7-5-16)21(26)24-10-12-25(13-11-24)22(27)19-14-18(23)8-9-20(19)28-3/h4-9,14-15H,10-13H2,1-3H3. The first-order chi connectivity index (χ1) is 13.4. The van der Waals surface area contributed by atoms with Gasteiger partial charge in [-0.1, -0.05) is 37.6 Å². The molecule has 1 heterocycles. The fourth-order valence-corrected chi connectivity index (χ4v) is 3.50. The summed E-state index contributed by atoms with van der Waals surface area (Å²) in [5.74, 6) is 0.802. The van der Waals surface area contributed by atoms with Gasteiger partial charge in [-0.2, -0.15) is 0 Å². The van der Waals surface area contributed by atoms with E-state index in [1.165, 1.54) is 12.7 Å². The first kappa shape index (κ1) is 20.2. The Bertz CT molecular complexity index is 857. The van der Waals surface area contributed by atoms with E-state index in [9.17, 15) is 9.59 Å². The summed E-state index contributed by atoms with van der Waals surface area (Å²) in [4.78, 5) is 29.2. The molecule has 5 nitrogen and oxygen atoms in total. The number of amides is 2. The summed E-state index contributed by atoms with van der Waals surface area (Å²) >= 11 is 6.04. The van der Waals surface area contributed by atoms with Crippen molar-refractivity contribution in [3.63, 3.8) is 0 Å². The Morgan fingerprint density at radius 3 is 2.04 bits per heavy atom. The van der Waals surface area contributed by atoms with Crippen LogP contribution in [0.4, 0.5) is 0 Å². The normalized spacial score (nSPS) is 14.3. The molecule has 0 saturated carbocycles. The third-order valence-corrected chi connectivity index (χ3v) is 5.31. The van der Waals surface area contributed by atoms with Crippen molar-refractivity contribution < 1.29 is 14.3 Å². The van der Waals surface area contributed by atoms with Crippen LogP contribution < -0.4 is 4.74 Å². The van der Waals surface area contributed by atoms with Crippen LogP contribution in [-0.4, -0.2) is 54.9 Å². The van der Waals surface area contributed by atoms with E-state index in [1.54, 1.807) is 28.0 Å². The average molecular weight is 401 g/mol. The first-order valence-corrected chi connectivity index (χ1v) is 9.80. The summed E-state index contributed by atoms with van der Waals surface area (Å²) < 4.78 is 5.29. The van der Waals surface area contributed by atoms with Gasteiger partial charge in [0.1, 0.15) is 5.75 Å². The Kier molecular flexibility index (Phi) is 6.25. The zero-order chi connectivity index (χ0) is 20.3. The molecule has 1 saturated heterocycles. The molecule has 0 spiro atoms. The fourth-order valence-electron chi connectivity index (χ4n) is 3.32. The second-order valence-electron chi connectivity index (χ2n) is 7.21. The van der Waals surface area contributed by atoms with Gasteiger partial charge in [-0.25, -0.2) is 0 Å². The van der Waals surface area contributed by atoms with Crippen LogP contribution in [-0.2, 0) is 0 Å². The number of halogens is 1. The van der Waals surface area contributed by atoms with Crippen molar-refractivity contribution in [3.05, 3.63) is 64.2 Å². The lowest BCUT2D eigenvalue weighted by molar-refractivity contribution is 0.0533. The lowest BCUT2D eigenvalue weighted by Crippen LogP contribution is -2.50. The Morgan fingerprint density at radius 2 is 1.50 bits per heavy atom. The number of nitrogens with zero attached hydrogens (tertiary/aromatic N) is 2. The minimum atomic E-state index is -0.132. The number of hydrogen-bond acceptors (Lipinski definition) is 3. The SMILES string of the molecule is COc1ccc(Cl)cc1C(=O)N1CCN(C(=O)c2ccc(C(C)C)cc2)CC1. The van der Waals surface area contributed by atoms with E-state index in [1.807, 2.05) is 24.3 Å². The fraction of sp³-hybridized carbons (Fsp3) is 0.364. The highest BCUT2D eigenvalue weighted by atomic mass is 35.5. The number of benzene rings is 2. The highest BCUT2D eigenvalue weighted by Crippen LogP contribution is 2.25. The van der Waals surface area contributed by atoms with Crippen LogP contribution in [0, 0.1) is 0 Å². The lowest BCUT2D eigenvalue weighted by atomic mass is 10.0. The minimum absolute atomic E-state index is 0.00254. The van der Waals surface area contributed by atoms with Crippen LogP contribution in [0.25, 0.3) is 0 Å². The van der Waals surface area contributed by atoms with Crippen molar-refractivity contribution in [1.82, 2.24) is 9.80 Å². The quantitative estimate of drug-likeness (QED) is 0.777. The van der Waals surface area contributed by atoms with Crippen LogP contribution in [0.5, 0.6) is 5.75 Å². The van der Waals surface area contributed by atoms with Crippen molar-refractivity contribution >= 4 is 23.4 Å². The molecule has 148 valence electrons. The van der Waals surface area contributed by atoms with Gasteiger partial charge in [0.25, 0.3) is 11.8 Å². The average Bonchev–Trinajstić information content (AvgIpc) is 2.73. The molecule has 0 N–H and O–H groups in total. The van der Waals surface area contributed by atoms with Crippen molar-refractivity contribution in [2.24, 2.45) is 0 Å². The van der Waals surface area contributed by atoms with Crippen molar-refractivity contribution in [2.75, 3.05) is 33.3 Å². The van der Waals surface area contributed by atoms with Gasteiger partial charge in [-0.05, 0) is 41.8 Å². The molecule has 0 unspecified atom stereocenters. The van der Waals surface area contributed by atoms with Gasteiger partial charge in [0, 0.05) is 36.8 Å². The van der Waals surface area contributed by atoms with Gasteiger partial charge in [0.15, 0.2) is 0 Å². The maximum Gasteiger partial charge on any atom is 0.257 e. The number of rotatable bonds is 4. The van der Waals surface area contributed by atoms with Crippen LogP contribution in [0.1, 0.15) is 46.0 Å². The first-order valence-electron chi connectivity index (χ1n) is 9.42. The van der Waals surface area contributed by atoms with Gasteiger partial charge in [0.05, 0.1) is 12.7 Å². The molecule has 0 bridgehead atoms. The summed E-state index contributed by atoms with van der Waals surface area (Å²) in [5.41, 5.74) is 2.34. The second kappa shape index (κ2) is 8.65. The van der Waals surface area contributed by atoms with E-state index < -0.39 is 0 Å². The lowest BCUT2D eigenvalue weighted by Gasteiger charge is -2.35. The molecule has 6 heteroatoms. The second-order valence-corrected chi connectivity index (χ2v) is 7.64. The summed E-state index contributed by atoms with van der Waals surface area (Å²) in [6, 6.07) is 12.8. The molecule has 2 aromatic carbocycles. The summed E-state index contributed by atoms with van der Waals surface area (Å²) in [6.45, 7) is 6.21. The topological polar surface area (TPSA) is 49.9 Å². The minimum Gasteiger partial charge on any atom is -0.496 e. The Morgan fingerprint density at radius 1 is 0.929 bits per heavy atom. The largest absolute Gasteiger partial charge is 0.496 e. The zero-order valence-corrected chi connectivity index (χ0v) is 17.2. The molecule has 1 aliphatic rings. The molecule has 0 atom stereocenters. The van der Waals surface area contributed by atoms with Gasteiger partial charge in [0.2, 0.25) is 0 Å². The zero-order valence-electron chi connectivity index (χ0n) is 16.4. The van der Waals surface area contributed by atoms with Gasteiger partial charge in [-0.3, -0.25) is 9.59 Å². The number of piperazine rings is 1. The number of methoxy groups -OCH3 is 1. The molecule has 0 aliphatic carbocycles. The summed E-state index contributed by atoms with van der Waals surface area (Å²) in [6.07, 6.45) is 0. The number of carbonyl (C=O) groups is 2. The summed E-state index contributed by atoms with van der Waals surface area (Å²) in [5, 5.41) is 0.489. The van der Waals surface area contributed by atoms with E-state index in [0.29, 0.717) is 54.0 Å². The third-order valence-electron chi connectivity index (χ3n) is 5.07. The van der Waals surface area contributed by atoms with Crippen molar-refractivity contribution in [1.29, 1.82) is 0 Å². The maximum absolute atomic E-state index is 12.9. The van der Waals surface area contributed by atoms with E-state index in [-0.39, 0.29) is 11.8 Å². The number of carbonyl (C=O) groups excluding carboxylic acids is 2. The Labute approximate surface area is 170 Å². The van der Waals surface area contributed by atoms with Crippen LogP contribution >= 0.6 is 11.6 Å². The molecular formula is C22H25ClN2O3. The van der Waals surface area contributed by atoms with Crippen LogP contribution in [0.2, 0.25) is 5.02 Å². The molecule has 1 fully saturated rings. The van der Waals surface area contributed by atoms with Crippen LogP contribution in [0.3, 0.4) is 0 Å². The highest BCUT2D eigenvalue weighted by Gasteiger charge is 2.27. The van der Waals surface area contributed by atoms with Crippen LogP contribution in [0.15, 0.2) is 42.5 Å². The van der Waals surface area contributed by atoms with E-state index in [0.717, 1.165) is 0 Å². The molecule has 3 rings (SSSR count). The summed E-state index contributed by atoms with van der Waals surface area (Å²) in [7, 11) is 1.53. The number of hydrogen-bond donors (Lipinski definition) is 0.